The molecule has 0 saturated carbocycles. The van der Waals surface area contributed by atoms with E-state index in [0.29, 0.717) is 6.42 Å². The molecule has 0 unspecified atom stereocenters. The highest BCUT2D eigenvalue weighted by Gasteiger charge is 2.23. The molecule has 94 valence electrons. The van der Waals surface area contributed by atoms with Gasteiger partial charge in [0, 0.05) is 31.1 Å². The number of fused-ring (bicyclic) bond motifs is 1. The summed E-state index contributed by atoms with van der Waals surface area (Å²) in [5, 5.41) is 1.17. The zero-order valence-electron chi connectivity index (χ0n) is 10.8. The first kappa shape index (κ1) is 11.3. The Balaban J connectivity index is 2.12. The van der Waals surface area contributed by atoms with Crippen LogP contribution in [0.2, 0.25) is 0 Å². The number of rotatable bonds is 2. The van der Waals surface area contributed by atoms with Crippen molar-refractivity contribution < 1.29 is 4.79 Å². The lowest BCUT2D eigenvalue weighted by atomic mass is 10.2. The van der Waals surface area contributed by atoms with E-state index in [1.165, 1.54) is 10.9 Å². The Bertz CT molecular complexity index is 615. The van der Waals surface area contributed by atoms with Crippen molar-refractivity contribution in [3.05, 3.63) is 23.9 Å². The number of amides is 1. The number of carbonyl (C=O) groups excluding carboxylic acids is 1. The van der Waals surface area contributed by atoms with Crippen LogP contribution in [0.4, 0.5) is 5.82 Å². The number of nitrogens with zero attached hydrogens (tertiary/aromatic N) is 3. The van der Waals surface area contributed by atoms with E-state index in [-0.39, 0.29) is 5.91 Å². The Morgan fingerprint density at radius 2 is 2.22 bits per heavy atom. The van der Waals surface area contributed by atoms with Crippen LogP contribution in [0.3, 0.4) is 0 Å². The van der Waals surface area contributed by atoms with Crippen LogP contribution in [0.25, 0.3) is 11.0 Å². The SMILES string of the molecule is CCn1cc(C)c2ccc(N3CCCC3=O)nc21. The van der Waals surface area contributed by atoms with Gasteiger partial charge in [-0.1, -0.05) is 0 Å². The highest BCUT2D eigenvalue weighted by molar-refractivity contribution is 5.95. The predicted molar refractivity (Wildman–Crippen MR) is 71.7 cm³/mol. The van der Waals surface area contributed by atoms with Gasteiger partial charge in [0.05, 0.1) is 0 Å². The normalized spacial score (nSPS) is 15.9. The minimum Gasteiger partial charge on any atom is -0.332 e. The van der Waals surface area contributed by atoms with Gasteiger partial charge in [0.2, 0.25) is 5.91 Å². The fraction of sp³-hybridized carbons (Fsp3) is 0.429. The molecule has 0 bridgehead atoms. The summed E-state index contributed by atoms with van der Waals surface area (Å²) >= 11 is 0. The lowest BCUT2D eigenvalue weighted by Gasteiger charge is -2.14. The molecule has 1 fully saturated rings. The zero-order chi connectivity index (χ0) is 12.7. The van der Waals surface area contributed by atoms with Crippen LogP contribution in [0.1, 0.15) is 25.3 Å². The zero-order valence-corrected chi connectivity index (χ0v) is 10.8. The number of aryl methyl sites for hydroxylation is 2. The molecular weight excluding hydrogens is 226 g/mol. The molecule has 0 spiro atoms. The second kappa shape index (κ2) is 4.12. The van der Waals surface area contributed by atoms with E-state index in [2.05, 4.69) is 35.7 Å². The Kier molecular flexibility index (Phi) is 2.58. The van der Waals surface area contributed by atoms with E-state index in [0.717, 1.165) is 31.0 Å². The molecule has 0 radical (unpaired) electrons. The van der Waals surface area contributed by atoms with Crippen LogP contribution in [0, 0.1) is 6.92 Å². The third-order valence-electron chi connectivity index (χ3n) is 3.60. The van der Waals surface area contributed by atoms with Gasteiger partial charge in [-0.2, -0.15) is 0 Å². The molecule has 18 heavy (non-hydrogen) atoms. The van der Waals surface area contributed by atoms with Crippen LogP contribution in [0.5, 0.6) is 0 Å². The summed E-state index contributed by atoms with van der Waals surface area (Å²) in [6, 6.07) is 4.03. The van der Waals surface area contributed by atoms with Gasteiger partial charge in [-0.3, -0.25) is 9.69 Å². The predicted octanol–water partition coefficient (Wildman–Crippen LogP) is 2.49. The van der Waals surface area contributed by atoms with E-state index in [1.807, 2.05) is 6.07 Å². The Hall–Kier alpha value is -1.84. The van der Waals surface area contributed by atoms with E-state index >= 15 is 0 Å². The van der Waals surface area contributed by atoms with Crippen molar-refractivity contribution in [3.8, 4) is 0 Å². The molecule has 1 amide bonds. The number of hydrogen-bond donors (Lipinski definition) is 0. The number of carbonyl (C=O) groups is 1. The molecule has 2 aromatic heterocycles. The summed E-state index contributed by atoms with van der Waals surface area (Å²) < 4.78 is 2.13. The summed E-state index contributed by atoms with van der Waals surface area (Å²) in [4.78, 5) is 18.2. The fourth-order valence-electron chi connectivity index (χ4n) is 2.61. The third kappa shape index (κ3) is 1.60. The fourth-order valence-corrected chi connectivity index (χ4v) is 2.61. The molecule has 0 aliphatic carbocycles. The van der Waals surface area contributed by atoms with Crippen molar-refractivity contribution in [3.63, 3.8) is 0 Å². The van der Waals surface area contributed by atoms with Crippen LogP contribution in [0.15, 0.2) is 18.3 Å². The maximum absolute atomic E-state index is 11.7. The Morgan fingerprint density at radius 1 is 1.39 bits per heavy atom. The van der Waals surface area contributed by atoms with Gasteiger partial charge >= 0.3 is 0 Å². The summed E-state index contributed by atoms with van der Waals surface area (Å²) in [5.74, 6) is 0.978. The Morgan fingerprint density at radius 3 is 2.89 bits per heavy atom. The van der Waals surface area contributed by atoms with Gasteiger partial charge in [0.1, 0.15) is 11.5 Å². The quantitative estimate of drug-likeness (QED) is 0.812. The molecule has 3 heterocycles. The van der Waals surface area contributed by atoms with Gasteiger partial charge < -0.3 is 4.57 Å². The average Bonchev–Trinajstić information content (AvgIpc) is 2.93. The molecular formula is C14H17N3O. The van der Waals surface area contributed by atoms with Crippen molar-refractivity contribution in [1.29, 1.82) is 0 Å². The van der Waals surface area contributed by atoms with Crippen molar-refractivity contribution in [2.24, 2.45) is 0 Å². The molecule has 0 N–H and O–H groups in total. The number of pyridine rings is 1. The molecule has 1 saturated heterocycles. The molecule has 3 rings (SSSR count). The maximum atomic E-state index is 11.7. The number of hydrogen-bond acceptors (Lipinski definition) is 2. The van der Waals surface area contributed by atoms with Crippen LogP contribution < -0.4 is 4.90 Å². The van der Waals surface area contributed by atoms with Gasteiger partial charge in [-0.05, 0) is 38.0 Å². The first-order valence-corrected chi connectivity index (χ1v) is 6.47. The molecule has 2 aromatic rings. The molecule has 0 atom stereocenters. The van der Waals surface area contributed by atoms with E-state index in [9.17, 15) is 4.79 Å². The summed E-state index contributed by atoms with van der Waals surface area (Å²) in [6.07, 6.45) is 3.70. The van der Waals surface area contributed by atoms with Crippen LogP contribution >= 0.6 is 0 Å². The molecule has 0 aromatic carbocycles. The molecule has 1 aliphatic rings. The van der Waals surface area contributed by atoms with Crippen molar-refractivity contribution in [1.82, 2.24) is 9.55 Å². The smallest absolute Gasteiger partial charge is 0.228 e. The van der Waals surface area contributed by atoms with E-state index in [1.54, 1.807) is 4.90 Å². The van der Waals surface area contributed by atoms with Crippen molar-refractivity contribution >= 4 is 22.8 Å². The Labute approximate surface area is 106 Å². The first-order chi connectivity index (χ1) is 8.70. The minimum atomic E-state index is 0.188. The highest BCUT2D eigenvalue weighted by atomic mass is 16.2. The molecule has 4 nitrogen and oxygen atoms in total. The van der Waals surface area contributed by atoms with Gasteiger partial charge in [0.15, 0.2) is 0 Å². The lowest BCUT2D eigenvalue weighted by molar-refractivity contribution is -0.117. The maximum Gasteiger partial charge on any atom is 0.228 e. The standard InChI is InChI=1S/C14H17N3O/c1-3-16-9-10(2)11-6-7-12(15-14(11)16)17-8-4-5-13(17)18/h6-7,9H,3-5,8H2,1-2H3. The summed E-state index contributed by atoms with van der Waals surface area (Å²) in [5.41, 5.74) is 2.21. The monoisotopic (exact) mass is 243 g/mol. The minimum absolute atomic E-state index is 0.188. The number of aromatic nitrogens is 2. The van der Waals surface area contributed by atoms with E-state index in [4.69, 9.17) is 0 Å². The number of anilines is 1. The molecule has 4 heteroatoms. The lowest BCUT2D eigenvalue weighted by Crippen LogP contribution is -2.24. The first-order valence-electron chi connectivity index (χ1n) is 6.47. The molecule has 1 aliphatic heterocycles. The van der Waals surface area contributed by atoms with Crippen molar-refractivity contribution in [2.45, 2.75) is 33.2 Å². The van der Waals surface area contributed by atoms with Gasteiger partial charge in [-0.15, -0.1) is 0 Å². The van der Waals surface area contributed by atoms with Crippen molar-refractivity contribution in [2.75, 3.05) is 11.4 Å². The topological polar surface area (TPSA) is 38.1 Å². The van der Waals surface area contributed by atoms with Gasteiger partial charge in [-0.25, -0.2) is 4.98 Å². The summed E-state index contributed by atoms with van der Waals surface area (Å²) in [6.45, 7) is 5.89. The average molecular weight is 243 g/mol. The third-order valence-corrected chi connectivity index (χ3v) is 3.60. The van der Waals surface area contributed by atoms with E-state index < -0.39 is 0 Å². The second-order valence-electron chi connectivity index (χ2n) is 4.79. The summed E-state index contributed by atoms with van der Waals surface area (Å²) in [7, 11) is 0. The van der Waals surface area contributed by atoms with Crippen LogP contribution in [-0.2, 0) is 11.3 Å². The highest BCUT2D eigenvalue weighted by Crippen LogP contribution is 2.25. The van der Waals surface area contributed by atoms with Crippen LogP contribution in [-0.4, -0.2) is 22.0 Å². The second-order valence-corrected chi connectivity index (χ2v) is 4.79. The largest absolute Gasteiger partial charge is 0.332 e. The van der Waals surface area contributed by atoms with Gasteiger partial charge in [0.25, 0.3) is 0 Å².